The third kappa shape index (κ3) is 3.56. The van der Waals surface area contributed by atoms with Crippen LogP contribution in [0.1, 0.15) is 29.9 Å². The fraction of sp³-hybridized carbons (Fsp3) is 0.353. The van der Waals surface area contributed by atoms with Gasteiger partial charge in [0.25, 0.3) is 11.5 Å². The van der Waals surface area contributed by atoms with Crippen molar-refractivity contribution < 1.29 is 14.3 Å². The number of aromatic nitrogens is 2. The molecule has 24 heavy (non-hydrogen) atoms. The lowest BCUT2D eigenvalue weighted by Gasteiger charge is -2.18. The van der Waals surface area contributed by atoms with Gasteiger partial charge in [0.1, 0.15) is 17.9 Å². The van der Waals surface area contributed by atoms with E-state index in [1.807, 2.05) is 32.0 Å². The number of hydrogen-bond acceptors (Lipinski definition) is 5. The summed E-state index contributed by atoms with van der Waals surface area (Å²) in [5, 5.41) is 8.57. The summed E-state index contributed by atoms with van der Waals surface area (Å²) in [4.78, 5) is 22.8. The van der Waals surface area contributed by atoms with E-state index in [2.05, 4.69) is 15.5 Å². The molecule has 0 saturated heterocycles. The predicted octanol–water partition coefficient (Wildman–Crippen LogP) is 1.29. The van der Waals surface area contributed by atoms with Gasteiger partial charge in [-0.05, 0) is 26.0 Å². The number of para-hydroxylation sites is 1. The summed E-state index contributed by atoms with van der Waals surface area (Å²) in [7, 11) is 0. The molecular weight excluding hydrogens is 310 g/mol. The monoisotopic (exact) mass is 329 g/mol. The fourth-order valence-electron chi connectivity index (χ4n) is 2.59. The van der Waals surface area contributed by atoms with E-state index in [-0.39, 0.29) is 22.8 Å². The summed E-state index contributed by atoms with van der Waals surface area (Å²) < 4.78 is 11.7. The summed E-state index contributed by atoms with van der Waals surface area (Å²) in [6.45, 7) is 4.68. The van der Waals surface area contributed by atoms with Crippen molar-refractivity contribution in [1.29, 1.82) is 0 Å². The van der Waals surface area contributed by atoms with Crippen molar-refractivity contribution in [2.24, 2.45) is 0 Å². The molecule has 1 aliphatic heterocycles. The van der Waals surface area contributed by atoms with Crippen LogP contribution in [0.25, 0.3) is 0 Å². The topological polar surface area (TPSA) is 93.3 Å². The molecule has 1 amide bonds. The van der Waals surface area contributed by atoms with Crippen molar-refractivity contribution in [3.8, 4) is 11.5 Å². The van der Waals surface area contributed by atoms with Crippen LogP contribution in [0.4, 0.5) is 0 Å². The largest absolute Gasteiger partial charge is 0.488 e. The number of aromatic amines is 1. The van der Waals surface area contributed by atoms with Crippen LogP contribution in [0.15, 0.2) is 35.1 Å². The molecular formula is C17H19N3O4. The molecule has 126 valence electrons. The molecule has 0 saturated carbocycles. The predicted molar refractivity (Wildman–Crippen MR) is 87.5 cm³/mol. The summed E-state index contributed by atoms with van der Waals surface area (Å²) in [6, 6.07) is 8.44. The second kappa shape index (κ2) is 6.35. The van der Waals surface area contributed by atoms with Gasteiger partial charge >= 0.3 is 0 Å². The summed E-state index contributed by atoms with van der Waals surface area (Å²) >= 11 is 0. The van der Waals surface area contributed by atoms with Gasteiger partial charge in [-0.25, -0.2) is 5.10 Å². The highest BCUT2D eigenvalue weighted by Crippen LogP contribution is 2.41. The van der Waals surface area contributed by atoms with Gasteiger partial charge in [-0.3, -0.25) is 9.59 Å². The minimum Gasteiger partial charge on any atom is -0.488 e. The minimum atomic E-state index is -0.370. The molecule has 2 heterocycles. The van der Waals surface area contributed by atoms with E-state index in [9.17, 15) is 9.59 Å². The number of hydrogen-bond donors (Lipinski definition) is 2. The normalized spacial score (nSPS) is 14.6. The van der Waals surface area contributed by atoms with Crippen molar-refractivity contribution in [3.05, 3.63) is 51.9 Å². The van der Waals surface area contributed by atoms with Crippen LogP contribution in [0, 0.1) is 0 Å². The molecule has 0 fully saturated rings. The zero-order chi connectivity index (χ0) is 17.2. The van der Waals surface area contributed by atoms with Crippen molar-refractivity contribution in [3.63, 3.8) is 0 Å². The van der Waals surface area contributed by atoms with Crippen LogP contribution < -0.4 is 20.3 Å². The standard InChI is InChI=1S/C17H19N3O4/c1-17(2)10-11-4-3-5-13(15(11)24-17)23-9-8-18-16(22)12-6-7-14(21)20-19-12/h3-7H,8-10H2,1-2H3,(H,18,22)(H,20,21). The zero-order valence-electron chi connectivity index (χ0n) is 13.6. The molecule has 0 bridgehead atoms. The molecule has 7 heteroatoms. The van der Waals surface area contributed by atoms with Crippen molar-refractivity contribution in [2.45, 2.75) is 25.9 Å². The van der Waals surface area contributed by atoms with E-state index in [4.69, 9.17) is 9.47 Å². The summed E-state index contributed by atoms with van der Waals surface area (Å²) in [5.74, 6) is 1.08. The van der Waals surface area contributed by atoms with E-state index < -0.39 is 0 Å². The number of carbonyl (C=O) groups excluding carboxylic acids is 1. The number of rotatable bonds is 5. The molecule has 3 rings (SSSR count). The van der Waals surface area contributed by atoms with Gasteiger partial charge < -0.3 is 14.8 Å². The average Bonchev–Trinajstić information content (AvgIpc) is 2.86. The van der Waals surface area contributed by atoms with Crippen LogP contribution >= 0.6 is 0 Å². The van der Waals surface area contributed by atoms with Crippen LogP contribution in [0.3, 0.4) is 0 Å². The molecule has 0 atom stereocenters. The van der Waals surface area contributed by atoms with Crippen molar-refractivity contribution in [1.82, 2.24) is 15.5 Å². The molecule has 0 radical (unpaired) electrons. The Morgan fingerprint density at radius 3 is 2.96 bits per heavy atom. The highest BCUT2D eigenvalue weighted by Gasteiger charge is 2.32. The SMILES string of the molecule is CC1(C)Cc2cccc(OCCNC(=O)c3ccc(=O)[nH]n3)c2O1. The number of H-pyrrole nitrogens is 1. The number of nitrogens with one attached hydrogen (secondary N) is 2. The van der Waals surface area contributed by atoms with Crippen LogP contribution in [-0.4, -0.2) is 34.9 Å². The number of amides is 1. The Balaban J connectivity index is 1.53. The first-order valence-electron chi connectivity index (χ1n) is 7.72. The number of benzene rings is 1. The maximum absolute atomic E-state index is 11.9. The third-order valence-electron chi connectivity index (χ3n) is 3.61. The van der Waals surface area contributed by atoms with Gasteiger partial charge in [0.15, 0.2) is 11.5 Å². The second-order valence-corrected chi connectivity index (χ2v) is 6.19. The molecule has 0 spiro atoms. The van der Waals surface area contributed by atoms with E-state index >= 15 is 0 Å². The van der Waals surface area contributed by atoms with Gasteiger partial charge in [-0.1, -0.05) is 12.1 Å². The summed E-state index contributed by atoms with van der Waals surface area (Å²) in [5.41, 5.74) is 0.696. The fourth-order valence-corrected chi connectivity index (χ4v) is 2.59. The number of fused-ring (bicyclic) bond motifs is 1. The molecule has 2 aromatic rings. The lowest BCUT2D eigenvalue weighted by atomic mass is 10.0. The first-order chi connectivity index (χ1) is 11.4. The Morgan fingerprint density at radius 2 is 2.21 bits per heavy atom. The van der Waals surface area contributed by atoms with Gasteiger partial charge in [0.05, 0.1) is 6.54 Å². The third-order valence-corrected chi connectivity index (χ3v) is 3.61. The first-order valence-corrected chi connectivity index (χ1v) is 7.72. The molecule has 0 aliphatic carbocycles. The Labute approximate surface area is 139 Å². The number of carbonyl (C=O) groups is 1. The van der Waals surface area contributed by atoms with Crippen LogP contribution in [-0.2, 0) is 6.42 Å². The highest BCUT2D eigenvalue weighted by molar-refractivity contribution is 5.91. The van der Waals surface area contributed by atoms with E-state index in [0.717, 1.165) is 17.7 Å². The van der Waals surface area contributed by atoms with E-state index in [0.29, 0.717) is 18.9 Å². The quantitative estimate of drug-likeness (QED) is 0.806. The number of nitrogens with zero attached hydrogens (tertiary/aromatic N) is 1. The Morgan fingerprint density at radius 1 is 1.38 bits per heavy atom. The lowest BCUT2D eigenvalue weighted by Crippen LogP contribution is -2.29. The van der Waals surface area contributed by atoms with E-state index in [1.54, 1.807) is 0 Å². The minimum absolute atomic E-state index is 0.153. The maximum Gasteiger partial charge on any atom is 0.271 e. The molecule has 1 aliphatic rings. The van der Waals surface area contributed by atoms with E-state index in [1.165, 1.54) is 12.1 Å². The second-order valence-electron chi connectivity index (χ2n) is 6.19. The highest BCUT2D eigenvalue weighted by atomic mass is 16.5. The Hall–Kier alpha value is -2.83. The maximum atomic E-state index is 11.9. The molecule has 1 aromatic carbocycles. The van der Waals surface area contributed by atoms with Crippen LogP contribution in [0.5, 0.6) is 11.5 Å². The Kier molecular flexibility index (Phi) is 4.24. The van der Waals surface area contributed by atoms with Gasteiger partial charge in [0.2, 0.25) is 0 Å². The van der Waals surface area contributed by atoms with Crippen molar-refractivity contribution in [2.75, 3.05) is 13.2 Å². The van der Waals surface area contributed by atoms with Gasteiger partial charge in [-0.15, -0.1) is 0 Å². The van der Waals surface area contributed by atoms with Gasteiger partial charge in [-0.2, -0.15) is 5.10 Å². The summed E-state index contributed by atoms with van der Waals surface area (Å²) in [6.07, 6.45) is 0.841. The smallest absolute Gasteiger partial charge is 0.271 e. The molecule has 2 N–H and O–H groups in total. The van der Waals surface area contributed by atoms with Gasteiger partial charge in [0, 0.05) is 18.1 Å². The molecule has 0 unspecified atom stereocenters. The molecule has 7 nitrogen and oxygen atoms in total. The first kappa shape index (κ1) is 16.0. The van der Waals surface area contributed by atoms with Crippen molar-refractivity contribution >= 4 is 5.91 Å². The lowest BCUT2D eigenvalue weighted by molar-refractivity contribution is 0.0940. The van der Waals surface area contributed by atoms with Crippen LogP contribution in [0.2, 0.25) is 0 Å². The molecule has 1 aromatic heterocycles. The Bertz CT molecular complexity index is 793. The number of ether oxygens (including phenoxy) is 2. The zero-order valence-corrected chi connectivity index (χ0v) is 13.6. The average molecular weight is 329 g/mol.